The summed E-state index contributed by atoms with van der Waals surface area (Å²) in [5, 5.41) is 4.25. The largest absolute Gasteiger partial charge is 0.369 e. The van der Waals surface area contributed by atoms with Crippen LogP contribution in [-0.4, -0.2) is 11.1 Å². The van der Waals surface area contributed by atoms with Crippen LogP contribution in [0.1, 0.15) is 104 Å². The summed E-state index contributed by atoms with van der Waals surface area (Å²) in [5.41, 5.74) is 9.25. The number of carbonyl (C=O) groups excluding carboxylic acids is 1. The summed E-state index contributed by atoms with van der Waals surface area (Å²) in [5.74, 6) is 3.73. The topological polar surface area (TPSA) is 69.1 Å². The second kappa shape index (κ2) is 7.04. The molecule has 6 rings (SSSR count). The number of nitrogens with zero attached hydrogens (tertiary/aromatic N) is 1. The highest BCUT2D eigenvalue weighted by Gasteiger charge is 2.71. The van der Waals surface area contributed by atoms with Gasteiger partial charge in [0.05, 0.1) is 11.6 Å². The molecule has 0 unspecified atom stereocenters. The van der Waals surface area contributed by atoms with Gasteiger partial charge in [0, 0.05) is 11.0 Å². The molecule has 4 nitrogen and oxygen atoms in total. The summed E-state index contributed by atoms with van der Waals surface area (Å²) in [7, 11) is 0. The molecule has 0 aliphatic heterocycles. The lowest BCUT2D eigenvalue weighted by Crippen LogP contribution is -2.67. The number of amides is 1. The van der Waals surface area contributed by atoms with Gasteiger partial charge < -0.3 is 10.3 Å². The smallest absolute Gasteiger partial charge is 0.223 e. The Kier molecular flexibility index (Phi) is 4.79. The maximum absolute atomic E-state index is 13.0. The minimum Gasteiger partial charge on any atom is -0.369 e. The van der Waals surface area contributed by atoms with E-state index in [-0.39, 0.29) is 33.0 Å². The monoisotopic (exact) mass is 478 g/mol. The summed E-state index contributed by atoms with van der Waals surface area (Å²) in [4.78, 5) is 13.0. The Labute approximate surface area is 211 Å². The van der Waals surface area contributed by atoms with Crippen LogP contribution >= 0.6 is 0 Å². The maximum atomic E-state index is 13.0. The van der Waals surface area contributed by atoms with Crippen LogP contribution in [0, 0.1) is 51.2 Å². The van der Waals surface area contributed by atoms with Crippen molar-refractivity contribution >= 4 is 5.91 Å². The second-order valence-corrected chi connectivity index (χ2v) is 14.8. The van der Waals surface area contributed by atoms with Gasteiger partial charge in [-0.1, -0.05) is 51.9 Å². The van der Waals surface area contributed by atoms with Crippen LogP contribution in [0.25, 0.3) is 0 Å². The molecular formula is C31H46N2O2. The minimum absolute atomic E-state index is 0.0160. The Morgan fingerprint density at radius 1 is 1.00 bits per heavy atom. The first-order valence-corrected chi connectivity index (χ1v) is 14.2. The minimum atomic E-state index is -0.317. The molecule has 0 spiro atoms. The summed E-state index contributed by atoms with van der Waals surface area (Å²) in [6, 6.07) is 0. The summed E-state index contributed by atoms with van der Waals surface area (Å²) in [6.45, 7) is 19.2. The second-order valence-electron chi connectivity index (χ2n) is 14.8. The molecule has 1 aromatic heterocycles. The van der Waals surface area contributed by atoms with Gasteiger partial charge >= 0.3 is 0 Å². The van der Waals surface area contributed by atoms with Crippen molar-refractivity contribution in [2.24, 2.45) is 57.0 Å². The van der Waals surface area contributed by atoms with Crippen LogP contribution in [0.15, 0.2) is 22.9 Å². The molecule has 1 heterocycles. The van der Waals surface area contributed by atoms with Crippen LogP contribution < -0.4 is 5.73 Å². The standard InChI is InChI=1S/C31H46N2O2/c1-18(2)20-10-13-31(26(32)34)15-14-29(6)21(24(20)31)8-9-23-28(5)16-19-17-33-35-25(19)27(3,4)22(28)11-12-30(23,29)7/h17,20-24H,1,8-16H2,2-7H3,(H2,32,34)/t20-,21+,22-,23+,24+,28-,29+,30+,31-/m0/s1. The van der Waals surface area contributed by atoms with Gasteiger partial charge in [-0.3, -0.25) is 4.79 Å². The van der Waals surface area contributed by atoms with Crippen molar-refractivity contribution < 1.29 is 9.32 Å². The van der Waals surface area contributed by atoms with Crippen LogP contribution in [0.3, 0.4) is 0 Å². The Bertz CT molecular complexity index is 1090. The fourth-order valence-electron chi connectivity index (χ4n) is 11.9. The molecular weight excluding hydrogens is 432 g/mol. The molecule has 192 valence electrons. The van der Waals surface area contributed by atoms with E-state index in [0.29, 0.717) is 29.6 Å². The van der Waals surface area contributed by atoms with Gasteiger partial charge in [-0.2, -0.15) is 0 Å². The first-order valence-electron chi connectivity index (χ1n) is 14.2. The van der Waals surface area contributed by atoms with E-state index in [4.69, 9.17) is 10.3 Å². The molecule has 9 atom stereocenters. The van der Waals surface area contributed by atoms with E-state index in [1.807, 2.05) is 6.20 Å². The van der Waals surface area contributed by atoms with Gasteiger partial charge in [0.1, 0.15) is 5.76 Å². The van der Waals surface area contributed by atoms with Crippen LogP contribution in [0.2, 0.25) is 0 Å². The number of fused-ring (bicyclic) bond motifs is 8. The molecule has 2 N–H and O–H groups in total. The van der Waals surface area contributed by atoms with Crippen LogP contribution in [-0.2, 0) is 16.6 Å². The first-order chi connectivity index (χ1) is 16.3. The zero-order valence-electron chi connectivity index (χ0n) is 22.9. The SMILES string of the molecule is C=C(C)[C@@H]1CC[C@]2(C(N)=O)CC[C@]3(C)[C@H](CC[C@@H]4[C@@]5(C)Cc6cnoc6C(C)(C)[C@@H]5CC[C@]43C)[C@@H]12. The number of rotatable bonds is 2. The van der Waals surface area contributed by atoms with E-state index in [2.05, 4.69) is 53.3 Å². The molecule has 4 heteroatoms. The molecule has 0 saturated heterocycles. The average Bonchev–Trinajstić information content (AvgIpc) is 3.39. The van der Waals surface area contributed by atoms with Crippen LogP contribution in [0.5, 0.6) is 0 Å². The van der Waals surface area contributed by atoms with Crippen molar-refractivity contribution in [3.05, 3.63) is 29.7 Å². The summed E-state index contributed by atoms with van der Waals surface area (Å²) >= 11 is 0. The van der Waals surface area contributed by atoms with Crippen molar-refractivity contribution in [1.29, 1.82) is 0 Å². The fourth-order valence-corrected chi connectivity index (χ4v) is 11.9. The van der Waals surface area contributed by atoms with E-state index >= 15 is 0 Å². The zero-order valence-corrected chi connectivity index (χ0v) is 22.9. The third kappa shape index (κ3) is 2.65. The van der Waals surface area contributed by atoms with Crippen LogP contribution in [0.4, 0.5) is 0 Å². The van der Waals surface area contributed by atoms with Gasteiger partial charge in [-0.05, 0) is 111 Å². The predicted molar refractivity (Wildman–Crippen MR) is 138 cm³/mol. The molecule has 4 fully saturated rings. The normalized spacial score (nSPS) is 49.7. The van der Waals surface area contributed by atoms with Crippen molar-refractivity contribution in [3.63, 3.8) is 0 Å². The molecule has 4 saturated carbocycles. The molecule has 0 bridgehead atoms. The zero-order chi connectivity index (χ0) is 25.2. The number of nitrogens with two attached hydrogens (primary N) is 1. The molecule has 1 aromatic rings. The number of allylic oxidation sites excluding steroid dienone is 1. The Morgan fingerprint density at radius 2 is 1.74 bits per heavy atom. The lowest BCUT2D eigenvalue weighted by atomic mass is 9.32. The highest BCUT2D eigenvalue weighted by atomic mass is 16.5. The Balaban J connectivity index is 1.44. The number of aromatic nitrogens is 1. The van der Waals surface area contributed by atoms with Gasteiger partial charge in [0.25, 0.3) is 0 Å². The van der Waals surface area contributed by atoms with E-state index < -0.39 is 0 Å². The third-order valence-corrected chi connectivity index (χ3v) is 13.5. The number of carbonyl (C=O) groups is 1. The Morgan fingerprint density at radius 3 is 2.43 bits per heavy atom. The van der Waals surface area contributed by atoms with Crippen molar-refractivity contribution in [1.82, 2.24) is 5.16 Å². The van der Waals surface area contributed by atoms with Gasteiger partial charge in [-0.15, -0.1) is 0 Å². The molecule has 1 amide bonds. The first kappa shape index (κ1) is 23.8. The number of hydrogen-bond acceptors (Lipinski definition) is 3. The average molecular weight is 479 g/mol. The van der Waals surface area contributed by atoms with Gasteiger partial charge in [0.2, 0.25) is 5.91 Å². The Hall–Kier alpha value is -1.58. The van der Waals surface area contributed by atoms with Gasteiger partial charge in [0.15, 0.2) is 0 Å². The highest BCUT2D eigenvalue weighted by molar-refractivity contribution is 5.82. The van der Waals surface area contributed by atoms with Crippen molar-refractivity contribution in [2.75, 3.05) is 0 Å². The lowest BCUT2D eigenvalue weighted by Gasteiger charge is -2.72. The quantitative estimate of drug-likeness (QED) is 0.474. The maximum Gasteiger partial charge on any atom is 0.223 e. The lowest BCUT2D eigenvalue weighted by molar-refractivity contribution is -0.225. The molecule has 5 aliphatic rings. The fraction of sp³-hybridized carbons (Fsp3) is 0.806. The number of primary amides is 1. The number of hydrogen-bond donors (Lipinski definition) is 1. The van der Waals surface area contributed by atoms with E-state index in [9.17, 15) is 4.79 Å². The van der Waals surface area contributed by atoms with E-state index in [1.165, 1.54) is 36.8 Å². The molecule has 35 heavy (non-hydrogen) atoms. The predicted octanol–water partition coefficient (Wildman–Crippen LogP) is 6.83. The third-order valence-electron chi connectivity index (χ3n) is 13.5. The van der Waals surface area contributed by atoms with E-state index in [0.717, 1.165) is 37.9 Å². The molecule has 5 aliphatic carbocycles. The van der Waals surface area contributed by atoms with Crippen molar-refractivity contribution in [3.8, 4) is 0 Å². The molecule has 0 aromatic carbocycles. The van der Waals surface area contributed by atoms with Crippen molar-refractivity contribution in [2.45, 2.75) is 105 Å². The summed E-state index contributed by atoms with van der Waals surface area (Å²) in [6.07, 6.45) is 12.2. The van der Waals surface area contributed by atoms with E-state index in [1.54, 1.807) is 0 Å². The molecule has 0 radical (unpaired) electrons. The summed E-state index contributed by atoms with van der Waals surface area (Å²) < 4.78 is 5.85. The highest BCUT2D eigenvalue weighted by Crippen LogP contribution is 2.77. The van der Waals surface area contributed by atoms with Gasteiger partial charge in [-0.25, -0.2) is 0 Å².